The molecule has 0 amide bonds. The topological polar surface area (TPSA) is 98.7 Å². The van der Waals surface area contributed by atoms with Crippen LogP contribution in [0.3, 0.4) is 0 Å². The smallest absolute Gasteiger partial charge is 0.196 e. The second kappa shape index (κ2) is 8.57. The maximum Gasteiger partial charge on any atom is 0.196 e. The third-order valence-corrected chi connectivity index (χ3v) is 6.63. The SMILES string of the molecule is Cc1cc(O)cc(C)c1Nc1ccc(Nc2c(C)cc(O)cc2C)c2c1C(=O)c1ccccc1C2=O. The van der Waals surface area contributed by atoms with E-state index in [4.69, 9.17) is 0 Å². The van der Waals surface area contributed by atoms with Crippen LogP contribution in [0.15, 0.2) is 60.7 Å². The lowest BCUT2D eigenvalue weighted by atomic mass is 9.82. The number of carbonyl (C=O) groups excluding carboxylic acids is 2. The highest BCUT2D eigenvalue weighted by Gasteiger charge is 2.34. The summed E-state index contributed by atoms with van der Waals surface area (Å²) in [7, 11) is 0. The van der Waals surface area contributed by atoms with Gasteiger partial charge < -0.3 is 20.8 Å². The van der Waals surface area contributed by atoms with Crippen LogP contribution in [-0.4, -0.2) is 21.8 Å². The highest BCUT2D eigenvalue weighted by Crippen LogP contribution is 2.40. The number of hydrogen-bond donors (Lipinski definition) is 4. The molecule has 6 heteroatoms. The van der Waals surface area contributed by atoms with Crippen molar-refractivity contribution < 1.29 is 19.8 Å². The monoisotopic (exact) mass is 478 g/mol. The van der Waals surface area contributed by atoms with E-state index < -0.39 is 0 Å². The highest BCUT2D eigenvalue weighted by molar-refractivity contribution is 6.32. The molecule has 0 aliphatic heterocycles. The van der Waals surface area contributed by atoms with Crippen LogP contribution >= 0.6 is 0 Å². The van der Waals surface area contributed by atoms with E-state index in [0.29, 0.717) is 33.6 Å². The Kier molecular flexibility index (Phi) is 5.52. The summed E-state index contributed by atoms with van der Waals surface area (Å²) in [6.45, 7) is 7.48. The van der Waals surface area contributed by atoms with E-state index in [9.17, 15) is 19.8 Å². The molecule has 0 fully saturated rings. The molecule has 4 N–H and O–H groups in total. The first-order chi connectivity index (χ1) is 17.2. The number of hydrogen-bond acceptors (Lipinski definition) is 6. The van der Waals surface area contributed by atoms with Crippen LogP contribution in [0.5, 0.6) is 11.5 Å². The molecular formula is C30H26N2O4. The van der Waals surface area contributed by atoms with E-state index in [1.165, 1.54) is 0 Å². The number of rotatable bonds is 4. The summed E-state index contributed by atoms with van der Waals surface area (Å²) in [5, 5.41) is 26.6. The van der Waals surface area contributed by atoms with Crippen molar-refractivity contribution in [3.05, 3.63) is 105 Å². The van der Waals surface area contributed by atoms with Crippen LogP contribution in [0.2, 0.25) is 0 Å². The molecule has 1 aliphatic rings. The quantitative estimate of drug-likeness (QED) is 0.217. The van der Waals surface area contributed by atoms with Gasteiger partial charge in [0.1, 0.15) is 11.5 Å². The predicted octanol–water partition coefficient (Wildman–Crippen LogP) is 6.59. The Bertz CT molecular complexity index is 1420. The third kappa shape index (κ3) is 3.77. The Morgan fingerprint density at radius 3 is 1.22 bits per heavy atom. The van der Waals surface area contributed by atoms with Gasteiger partial charge in [-0.25, -0.2) is 0 Å². The van der Waals surface area contributed by atoms with Gasteiger partial charge in [0.05, 0.1) is 22.5 Å². The van der Waals surface area contributed by atoms with E-state index >= 15 is 0 Å². The fourth-order valence-corrected chi connectivity index (χ4v) is 4.98. The molecule has 0 saturated heterocycles. The Morgan fingerprint density at radius 1 is 0.556 bits per heavy atom. The first-order valence-corrected chi connectivity index (χ1v) is 11.7. The van der Waals surface area contributed by atoms with Gasteiger partial charge in [-0.3, -0.25) is 9.59 Å². The molecule has 0 spiro atoms. The summed E-state index contributed by atoms with van der Waals surface area (Å²) in [6, 6.07) is 17.0. The number of fused-ring (bicyclic) bond motifs is 2. The number of nitrogens with one attached hydrogen (secondary N) is 2. The van der Waals surface area contributed by atoms with E-state index in [1.54, 1.807) is 60.7 Å². The minimum absolute atomic E-state index is 0.164. The Hall–Kier alpha value is -4.58. The Morgan fingerprint density at radius 2 is 0.889 bits per heavy atom. The van der Waals surface area contributed by atoms with Crippen LogP contribution in [0.25, 0.3) is 0 Å². The van der Waals surface area contributed by atoms with Gasteiger partial charge in [-0.15, -0.1) is 0 Å². The van der Waals surface area contributed by atoms with Crippen LogP contribution in [0.4, 0.5) is 22.7 Å². The van der Waals surface area contributed by atoms with Gasteiger partial charge in [0.25, 0.3) is 0 Å². The molecule has 0 radical (unpaired) electrons. The summed E-state index contributed by atoms with van der Waals surface area (Å²) in [4.78, 5) is 27.6. The number of anilines is 4. The van der Waals surface area contributed by atoms with Crippen molar-refractivity contribution in [2.45, 2.75) is 27.7 Å². The first kappa shape index (κ1) is 23.2. The molecule has 0 saturated carbocycles. The second-order valence-corrected chi connectivity index (χ2v) is 9.27. The molecule has 180 valence electrons. The normalized spacial score (nSPS) is 12.2. The van der Waals surface area contributed by atoms with E-state index in [0.717, 1.165) is 33.6 Å². The lowest BCUT2D eigenvalue weighted by molar-refractivity contribution is 0.0980. The van der Waals surface area contributed by atoms with Crippen molar-refractivity contribution >= 4 is 34.3 Å². The molecule has 0 unspecified atom stereocenters. The van der Waals surface area contributed by atoms with E-state index in [-0.39, 0.29) is 23.1 Å². The fraction of sp³-hybridized carbons (Fsp3) is 0.133. The van der Waals surface area contributed by atoms with Gasteiger partial charge in [0.2, 0.25) is 0 Å². The molecule has 36 heavy (non-hydrogen) atoms. The van der Waals surface area contributed by atoms with Crippen LogP contribution in [0, 0.1) is 27.7 Å². The largest absolute Gasteiger partial charge is 0.508 e. The molecule has 1 aliphatic carbocycles. The standard InChI is InChI=1S/C30H26N2O4/c1-15-11-19(33)12-16(2)27(15)31-23-9-10-24(32-28-17(3)13-20(34)14-18(28)4)26-25(23)29(35)21-7-5-6-8-22(21)30(26)36/h5-14,31-34H,1-4H3. The summed E-state index contributed by atoms with van der Waals surface area (Å²) in [5.41, 5.74) is 7.14. The van der Waals surface area contributed by atoms with Crippen LogP contribution < -0.4 is 10.6 Å². The summed E-state index contributed by atoms with van der Waals surface area (Å²) in [5.74, 6) is -0.145. The zero-order valence-corrected chi connectivity index (χ0v) is 20.5. The number of ketones is 2. The summed E-state index contributed by atoms with van der Waals surface area (Å²) in [6.07, 6.45) is 0. The second-order valence-electron chi connectivity index (χ2n) is 9.27. The van der Waals surface area contributed by atoms with Gasteiger partial charge in [-0.1, -0.05) is 24.3 Å². The van der Waals surface area contributed by atoms with Crippen molar-refractivity contribution in [3.8, 4) is 11.5 Å². The number of phenols is 2. The maximum atomic E-state index is 13.8. The maximum absolute atomic E-state index is 13.8. The molecule has 4 aromatic rings. The van der Waals surface area contributed by atoms with Crippen molar-refractivity contribution in [3.63, 3.8) is 0 Å². The first-order valence-electron chi connectivity index (χ1n) is 11.7. The average molecular weight is 479 g/mol. The third-order valence-electron chi connectivity index (χ3n) is 6.63. The molecule has 5 rings (SSSR count). The molecule has 0 atom stereocenters. The lowest BCUT2D eigenvalue weighted by Gasteiger charge is -2.25. The average Bonchev–Trinajstić information content (AvgIpc) is 2.82. The number of benzene rings is 4. The summed E-state index contributed by atoms with van der Waals surface area (Å²) >= 11 is 0. The molecule has 0 bridgehead atoms. The molecule has 4 aromatic carbocycles. The number of aryl methyl sites for hydroxylation is 4. The van der Waals surface area contributed by atoms with Gasteiger partial charge in [0, 0.05) is 22.5 Å². The van der Waals surface area contributed by atoms with E-state index in [1.807, 2.05) is 27.7 Å². The number of aromatic hydroxyl groups is 2. The number of carbonyl (C=O) groups is 2. The zero-order chi connectivity index (χ0) is 25.7. The number of phenolic OH excluding ortho intramolecular Hbond substituents is 2. The Balaban J connectivity index is 1.71. The van der Waals surface area contributed by atoms with Crippen molar-refractivity contribution in [2.24, 2.45) is 0 Å². The van der Waals surface area contributed by atoms with Crippen LogP contribution in [-0.2, 0) is 0 Å². The molecule has 6 nitrogen and oxygen atoms in total. The van der Waals surface area contributed by atoms with Crippen molar-refractivity contribution in [2.75, 3.05) is 10.6 Å². The zero-order valence-electron chi connectivity index (χ0n) is 20.5. The van der Waals surface area contributed by atoms with E-state index in [2.05, 4.69) is 10.6 Å². The molecule has 0 heterocycles. The highest BCUT2D eigenvalue weighted by atomic mass is 16.3. The van der Waals surface area contributed by atoms with Crippen molar-refractivity contribution in [1.29, 1.82) is 0 Å². The van der Waals surface area contributed by atoms with Crippen molar-refractivity contribution in [1.82, 2.24) is 0 Å². The van der Waals surface area contributed by atoms with Crippen LogP contribution in [0.1, 0.15) is 54.1 Å². The minimum Gasteiger partial charge on any atom is -0.508 e. The molecule has 0 aromatic heterocycles. The van der Waals surface area contributed by atoms with Gasteiger partial charge in [0.15, 0.2) is 11.6 Å². The predicted molar refractivity (Wildman–Crippen MR) is 141 cm³/mol. The van der Waals surface area contributed by atoms with Gasteiger partial charge >= 0.3 is 0 Å². The fourth-order valence-electron chi connectivity index (χ4n) is 4.98. The Labute approximate surface area is 209 Å². The van der Waals surface area contributed by atoms with Gasteiger partial charge in [-0.05, 0) is 86.3 Å². The lowest BCUT2D eigenvalue weighted by Crippen LogP contribution is -2.23. The summed E-state index contributed by atoms with van der Waals surface area (Å²) < 4.78 is 0. The molecular weight excluding hydrogens is 452 g/mol. The van der Waals surface area contributed by atoms with Gasteiger partial charge in [-0.2, -0.15) is 0 Å². The minimum atomic E-state index is -0.236.